The fourth-order valence-corrected chi connectivity index (χ4v) is 3.34. The van der Waals surface area contributed by atoms with Gasteiger partial charge >= 0.3 is 0 Å². The number of ether oxygens (including phenoxy) is 2. The molecule has 3 rings (SSSR count). The fourth-order valence-electron chi connectivity index (χ4n) is 2.48. The number of hydrogen-bond acceptors (Lipinski definition) is 5. The minimum absolute atomic E-state index is 0.00882. The van der Waals surface area contributed by atoms with Crippen LogP contribution in [0.25, 0.3) is 11.0 Å². The van der Waals surface area contributed by atoms with E-state index in [9.17, 15) is 8.28 Å². The van der Waals surface area contributed by atoms with Gasteiger partial charge in [-0.1, -0.05) is 23.2 Å². The Morgan fingerprint density at radius 3 is 2.62 bits per heavy atom. The number of halogens is 4. The van der Waals surface area contributed by atoms with Crippen molar-refractivity contribution in [2.24, 2.45) is 0 Å². The largest absolute Gasteiger partial charge is 0.495 e. The van der Waals surface area contributed by atoms with E-state index in [4.69, 9.17) is 32.7 Å². The average Bonchev–Trinajstić information content (AvgIpc) is 3.07. The molecule has 0 fully saturated rings. The van der Waals surface area contributed by atoms with E-state index in [0.717, 1.165) is 0 Å². The molecule has 0 radical (unpaired) electrons. The summed E-state index contributed by atoms with van der Waals surface area (Å²) >= 11 is 12.6. The second kappa shape index (κ2) is 7.77. The normalized spacial score (nSPS) is 11.0. The lowest BCUT2D eigenvalue weighted by Gasteiger charge is -2.15. The Hall–Kier alpha value is -1.90. The number of fused-ring (bicyclic) bond motifs is 1. The van der Waals surface area contributed by atoms with E-state index in [-0.39, 0.29) is 41.1 Å². The van der Waals surface area contributed by atoms with Gasteiger partial charge in [-0.05, 0) is 6.07 Å². The van der Waals surface area contributed by atoms with Crippen LogP contribution >= 0.6 is 35.5 Å². The third-order valence-corrected chi connectivity index (χ3v) is 5.06. The predicted molar refractivity (Wildman–Crippen MR) is 101 cm³/mol. The van der Waals surface area contributed by atoms with Crippen LogP contribution in [0.2, 0.25) is 10.0 Å². The van der Waals surface area contributed by atoms with E-state index < -0.39 is 5.82 Å². The van der Waals surface area contributed by atoms with E-state index >= 15 is 0 Å². The Balaban J connectivity index is 1.94. The van der Waals surface area contributed by atoms with Crippen LogP contribution in [-0.4, -0.2) is 23.2 Å². The number of rotatable bonds is 6. The van der Waals surface area contributed by atoms with Crippen LogP contribution in [0.5, 0.6) is 11.5 Å². The Morgan fingerprint density at radius 1 is 1.23 bits per heavy atom. The summed E-state index contributed by atoms with van der Waals surface area (Å²) in [5.74, 6) is -0.391. The van der Waals surface area contributed by atoms with Gasteiger partial charge < -0.3 is 14.8 Å². The van der Waals surface area contributed by atoms with Crippen LogP contribution in [0, 0.1) is 5.82 Å². The molecule has 0 spiro atoms. The lowest BCUT2D eigenvalue weighted by molar-refractivity contribution is 0.375. The second-order valence-electron chi connectivity index (χ2n) is 5.18. The summed E-state index contributed by atoms with van der Waals surface area (Å²) in [7, 11) is 2.77. The molecule has 1 aromatic carbocycles. The number of pyridine rings is 1. The van der Waals surface area contributed by atoms with Crippen LogP contribution in [0.1, 0.15) is 5.56 Å². The molecule has 0 amide bonds. The van der Waals surface area contributed by atoms with Gasteiger partial charge in [0, 0.05) is 36.0 Å². The zero-order valence-electron chi connectivity index (χ0n) is 13.6. The van der Waals surface area contributed by atoms with Gasteiger partial charge in [0.25, 0.3) is 0 Å². The first-order valence-corrected chi connectivity index (χ1v) is 8.72. The maximum absolute atomic E-state index is 14.5. The van der Waals surface area contributed by atoms with Crippen LogP contribution in [0.3, 0.4) is 0 Å². The van der Waals surface area contributed by atoms with Gasteiger partial charge in [-0.25, -0.2) is 13.3 Å². The molecule has 0 atom stereocenters. The molecule has 2 heterocycles. The van der Waals surface area contributed by atoms with Gasteiger partial charge in [0.2, 0.25) is 0 Å². The summed E-state index contributed by atoms with van der Waals surface area (Å²) in [5, 5.41) is 3.95. The highest BCUT2D eigenvalue weighted by Gasteiger charge is 2.19. The Labute approximate surface area is 162 Å². The zero-order chi connectivity index (χ0) is 18.8. The molecule has 0 saturated heterocycles. The predicted octanol–water partition coefficient (Wildman–Crippen LogP) is 5.49. The number of anilines is 1. The summed E-state index contributed by atoms with van der Waals surface area (Å²) in [6, 6.07) is 3.02. The third kappa shape index (κ3) is 3.24. The Bertz CT molecular complexity index is 940. The summed E-state index contributed by atoms with van der Waals surface area (Å²) in [4.78, 5) is 4.20. The standard InChI is InChI=1S/C16H13Cl2F2N3O2S/c1-24-10-5-11(25-2)14(19)15(13(10)18)21-6-8-7-22-16-9(12(8)17)3-4-23(16)26-20/h3-5,7,21H,6H2,1-2H3. The lowest BCUT2D eigenvalue weighted by Crippen LogP contribution is -2.06. The average molecular weight is 420 g/mol. The van der Waals surface area contributed by atoms with E-state index in [0.29, 0.717) is 21.6 Å². The van der Waals surface area contributed by atoms with Gasteiger partial charge in [-0.2, -0.15) is 0 Å². The molecule has 10 heteroatoms. The van der Waals surface area contributed by atoms with Gasteiger partial charge in [0.05, 0.1) is 24.9 Å². The fraction of sp³-hybridized carbons (Fsp3) is 0.188. The summed E-state index contributed by atoms with van der Waals surface area (Å²) in [6.07, 6.45) is 3.02. The number of nitrogens with one attached hydrogen (secondary N) is 1. The van der Waals surface area contributed by atoms with Crippen LogP contribution in [0.4, 0.5) is 14.0 Å². The number of benzene rings is 1. The minimum atomic E-state index is -0.650. The molecule has 5 nitrogen and oxygen atoms in total. The highest BCUT2D eigenvalue weighted by atomic mass is 35.5. The summed E-state index contributed by atoms with van der Waals surface area (Å²) < 4.78 is 38.7. The molecule has 0 bridgehead atoms. The molecule has 3 aromatic rings. The lowest BCUT2D eigenvalue weighted by atomic mass is 10.2. The summed E-state index contributed by atoms with van der Waals surface area (Å²) in [6.45, 7) is 0.142. The van der Waals surface area contributed by atoms with Crippen molar-refractivity contribution < 1.29 is 17.7 Å². The highest BCUT2D eigenvalue weighted by molar-refractivity contribution is 7.92. The first-order valence-electron chi connectivity index (χ1n) is 7.29. The zero-order valence-corrected chi connectivity index (χ0v) is 16.0. The van der Waals surface area contributed by atoms with E-state index in [1.165, 1.54) is 36.7 Å². The van der Waals surface area contributed by atoms with Gasteiger partial charge in [0.1, 0.15) is 10.8 Å². The van der Waals surface area contributed by atoms with Gasteiger partial charge in [-0.3, -0.25) is 0 Å². The van der Waals surface area contributed by atoms with E-state index in [1.807, 2.05) is 0 Å². The SMILES string of the molecule is COc1cc(OC)c(Cl)c(NCc2cnc3c(ccn3SF)c2Cl)c1F. The molecule has 0 saturated carbocycles. The van der Waals surface area contributed by atoms with Crippen molar-refractivity contribution in [2.75, 3.05) is 19.5 Å². The van der Waals surface area contributed by atoms with Gasteiger partial charge in [-0.15, -0.1) is 3.89 Å². The summed E-state index contributed by atoms with van der Waals surface area (Å²) in [5.41, 5.74) is 1.02. The van der Waals surface area contributed by atoms with Crippen molar-refractivity contribution in [1.29, 1.82) is 0 Å². The third-order valence-electron chi connectivity index (χ3n) is 3.79. The van der Waals surface area contributed by atoms with Crippen LogP contribution < -0.4 is 14.8 Å². The van der Waals surface area contributed by atoms with Crippen molar-refractivity contribution in [3.8, 4) is 11.5 Å². The Kier molecular flexibility index (Phi) is 5.64. The maximum Gasteiger partial charge on any atom is 0.189 e. The van der Waals surface area contributed by atoms with Crippen molar-refractivity contribution in [3.63, 3.8) is 0 Å². The van der Waals surface area contributed by atoms with Crippen molar-refractivity contribution in [1.82, 2.24) is 8.96 Å². The van der Waals surface area contributed by atoms with Gasteiger partial charge in [0.15, 0.2) is 29.5 Å². The first kappa shape index (κ1) is 18.9. The molecule has 0 aliphatic carbocycles. The first-order chi connectivity index (χ1) is 12.5. The Morgan fingerprint density at radius 2 is 1.96 bits per heavy atom. The molecular weight excluding hydrogens is 407 g/mol. The van der Waals surface area contributed by atoms with Crippen molar-refractivity contribution >= 4 is 52.3 Å². The van der Waals surface area contributed by atoms with E-state index in [2.05, 4.69) is 10.3 Å². The quantitative estimate of drug-likeness (QED) is 0.571. The monoisotopic (exact) mass is 419 g/mol. The highest BCUT2D eigenvalue weighted by Crippen LogP contribution is 2.40. The van der Waals surface area contributed by atoms with Crippen LogP contribution in [-0.2, 0) is 6.54 Å². The molecule has 138 valence electrons. The molecule has 0 aliphatic rings. The molecule has 0 aliphatic heterocycles. The molecular formula is C16H13Cl2F2N3O2S. The maximum atomic E-state index is 14.5. The molecule has 0 unspecified atom stereocenters. The van der Waals surface area contributed by atoms with Crippen molar-refractivity contribution in [3.05, 3.63) is 46.0 Å². The second-order valence-corrected chi connectivity index (χ2v) is 6.47. The molecule has 26 heavy (non-hydrogen) atoms. The van der Waals surface area contributed by atoms with Crippen molar-refractivity contribution in [2.45, 2.75) is 6.54 Å². The van der Waals surface area contributed by atoms with Crippen LogP contribution in [0.15, 0.2) is 24.5 Å². The minimum Gasteiger partial charge on any atom is -0.495 e. The number of hydrogen-bond donors (Lipinski definition) is 1. The smallest absolute Gasteiger partial charge is 0.189 e. The topological polar surface area (TPSA) is 48.3 Å². The number of aromatic nitrogens is 2. The number of nitrogens with zero attached hydrogens (tertiary/aromatic N) is 2. The number of methoxy groups -OCH3 is 2. The van der Waals surface area contributed by atoms with E-state index in [1.54, 1.807) is 6.07 Å². The molecule has 2 aromatic heterocycles. The molecule has 1 N–H and O–H groups in total.